The molecule has 0 saturated heterocycles. The standard InChI is InChI=1S/C19H17F2NO4/c20-19(21)26-15-4-2-1-3-14(15)12-22-18(23)8-6-13-5-7-16-17(11-13)25-10-9-24-16/h1-8,11,19H,9-10,12H2,(H,22,23)/b8-6+. The first kappa shape index (κ1) is 17.7. The summed E-state index contributed by atoms with van der Waals surface area (Å²) < 4.78 is 40.1. The number of hydrogen-bond acceptors (Lipinski definition) is 4. The normalized spacial score (nSPS) is 13.0. The van der Waals surface area contributed by atoms with Gasteiger partial charge in [0.25, 0.3) is 0 Å². The van der Waals surface area contributed by atoms with Crippen LogP contribution < -0.4 is 19.5 Å². The number of hydrogen-bond donors (Lipinski definition) is 1. The van der Waals surface area contributed by atoms with Crippen molar-refractivity contribution in [2.45, 2.75) is 13.2 Å². The molecule has 0 aliphatic carbocycles. The molecule has 0 radical (unpaired) electrons. The van der Waals surface area contributed by atoms with Crippen LogP contribution in [0.1, 0.15) is 11.1 Å². The smallest absolute Gasteiger partial charge is 0.387 e. The van der Waals surface area contributed by atoms with E-state index in [2.05, 4.69) is 10.1 Å². The van der Waals surface area contributed by atoms with Crippen LogP contribution in [0.2, 0.25) is 0 Å². The molecular weight excluding hydrogens is 344 g/mol. The van der Waals surface area contributed by atoms with Gasteiger partial charge < -0.3 is 19.5 Å². The number of amides is 1. The number of para-hydroxylation sites is 1. The lowest BCUT2D eigenvalue weighted by atomic mass is 10.1. The topological polar surface area (TPSA) is 56.8 Å². The fourth-order valence-corrected chi connectivity index (χ4v) is 2.44. The highest BCUT2D eigenvalue weighted by molar-refractivity contribution is 5.91. The number of halogens is 2. The van der Waals surface area contributed by atoms with Gasteiger partial charge in [-0.05, 0) is 29.8 Å². The predicted molar refractivity (Wildman–Crippen MR) is 91.4 cm³/mol. The Balaban J connectivity index is 1.58. The van der Waals surface area contributed by atoms with Gasteiger partial charge in [-0.15, -0.1) is 0 Å². The summed E-state index contributed by atoms with van der Waals surface area (Å²) in [5.74, 6) is 0.996. The van der Waals surface area contributed by atoms with Crippen LogP contribution in [0.4, 0.5) is 8.78 Å². The van der Waals surface area contributed by atoms with Crippen LogP contribution in [-0.2, 0) is 11.3 Å². The molecule has 1 amide bonds. The Bertz CT molecular complexity index is 808. The Morgan fingerprint density at radius 1 is 1.15 bits per heavy atom. The number of rotatable bonds is 6. The zero-order valence-corrected chi connectivity index (χ0v) is 13.8. The third-order valence-electron chi connectivity index (χ3n) is 3.64. The summed E-state index contributed by atoms with van der Waals surface area (Å²) in [4.78, 5) is 12.0. The third kappa shape index (κ3) is 4.72. The minimum absolute atomic E-state index is 0.0404. The van der Waals surface area contributed by atoms with Crippen molar-refractivity contribution in [1.82, 2.24) is 5.32 Å². The molecule has 0 bridgehead atoms. The van der Waals surface area contributed by atoms with E-state index in [1.807, 2.05) is 6.07 Å². The molecule has 0 spiro atoms. The maximum atomic E-state index is 12.4. The predicted octanol–water partition coefficient (Wildman–Crippen LogP) is 3.39. The molecular formula is C19H17F2NO4. The van der Waals surface area contributed by atoms with E-state index in [1.54, 1.807) is 36.4 Å². The van der Waals surface area contributed by atoms with Crippen LogP contribution in [0.15, 0.2) is 48.5 Å². The Morgan fingerprint density at radius 3 is 2.73 bits per heavy atom. The summed E-state index contributed by atoms with van der Waals surface area (Å²) in [6, 6.07) is 11.7. The highest BCUT2D eigenvalue weighted by Crippen LogP contribution is 2.31. The fourth-order valence-electron chi connectivity index (χ4n) is 2.44. The molecule has 7 heteroatoms. The zero-order chi connectivity index (χ0) is 18.4. The Morgan fingerprint density at radius 2 is 1.92 bits per heavy atom. The van der Waals surface area contributed by atoms with Gasteiger partial charge in [0.15, 0.2) is 11.5 Å². The first-order valence-corrected chi connectivity index (χ1v) is 8.00. The van der Waals surface area contributed by atoms with Gasteiger partial charge in [0.1, 0.15) is 19.0 Å². The molecule has 26 heavy (non-hydrogen) atoms. The average Bonchev–Trinajstić information content (AvgIpc) is 2.65. The van der Waals surface area contributed by atoms with E-state index in [-0.39, 0.29) is 18.2 Å². The van der Waals surface area contributed by atoms with Crippen LogP contribution in [0, 0.1) is 0 Å². The van der Waals surface area contributed by atoms with E-state index < -0.39 is 6.61 Å². The van der Waals surface area contributed by atoms with Gasteiger partial charge >= 0.3 is 6.61 Å². The van der Waals surface area contributed by atoms with E-state index in [1.165, 1.54) is 12.1 Å². The van der Waals surface area contributed by atoms with Crippen molar-refractivity contribution in [1.29, 1.82) is 0 Å². The van der Waals surface area contributed by atoms with Crippen LogP contribution >= 0.6 is 0 Å². The number of alkyl halides is 2. The van der Waals surface area contributed by atoms with Crippen molar-refractivity contribution < 1.29 is 27.8 Å². The highest BCUT2D eigenvalue weighted by Gasteiger charge is 2.11. The molecule has 3 rings (SSSR count). The van der Waals surface area contributed by atoms with E-state index in [4.69, 9.17) is 9.47 Å². The van der Waals surface area contributed by atoms with Crippen molar-refractivity contribution in [3.63, 3.8) is 0 Å². The SMILES string of the molecule is O=C(/C=C/c1ccc2c(c1)OCCO2)NCc1ccccc1OC(F)F. The first-order chi connectivity index (χ1) is 12.6. The van der Waals surface area contributed by atoms with Gasteiger partial charge in [0.05, 0.1) is 0 Å². The Labute approximate surface area is 149 Å². The van der Waals surface area contributed by atoms with E-state index in [9.17, 15) is 13.6 Å². The molecule has 0 unspecified atom stereocenters. The molecule has 1 N–H and O–H groups in total. The summed E-state index contributed by atoms with van der Waals surface area (Å²) >= 11 is 0. The van der Waals surface area contributed by atoms with Crippen LogP contribution in [0.5, 0.6) is 17.2 Å². The summed E-state index contributed by atoms with van der Waals surface area (Å²) in [7, 11) is 0. The molecule has 0 atom stereocenters. The maximum absolute atomic E-state index is 12.4. The molecule has 5 nitrogen and oxygen atoms in total. The number of fused-ring (bicyclic) bond motifs is 1. The molecule has 0 saturated carbocycles. The number of benzene rings is 2. The number of carbonyl (C=O) groups is 1. The fraction of sp³-hybridized carbons (Fsp3) is 0.211. The van der Waals surface area contributed by atoms with Gasteiger partial charge in [-0.2, -0.15) is 8.78 Å². The first-order valence-electron chi connectivity index (χ1n) is 8.00. The Hall–Kier alpha value is -3.09. The molecule has 2 aromatic rings. The minimum Gasteiger partial charge on any atom is -0.486 e. The quantitative estimate of drug-likeness (QED) is 0.802. The Kier molecular flexibility index (Phi) is 5.68. The van der Waals surface area contributed by atoms with Crippen molar-refractivity contribution in [2.75, 3.05) is 13.2 Å². The lowest BCUT2D eigenvalue weighted by Crippen LogP contribution is -2.21. The summed E-state index contributed by atoms with van der Waals surface area (Å²) in [6.07, 6.45) is 3.00. The lowest BCUT2D eigenvalue weighted by molar-refractivity contribution is -0.116. The molecule has 1 aliphatic heterocycles. The van der Waals surface area contributed by atoms with Gasteiger partial charge in [-0.1, -0.05) is 24.3 Å². The van der Waals surface area contributed by atoms with Gasteiger partial charge in [0.2, 0.25) is 5.91 Å². The van der Waals surface area contributed by atoms with Crippen LogP contribution in [0.3, 0.4) is 0 Å². The number of nitrogens with one attached hydrogen (secondary N) is 1. The largest absolute Gasteiger partial charge is 0.486 e. The second-order valence-electron chi connectivity index (χ2n) is 5.44. The monoisotopic (exact) mass is 361 g/mol. The van der Waals surface area contributed by atoms with Crippen LogP contribution in [-0.4, -0.2) is 25.7 Å². The lowest BCUT2D eigenvalue weighted by Gasteiger charge is -2.18. The van der Waals surface area contributed by atoms with E-state index in [0.717, 1.165) is 5.56 Å². The van der Waals surface area contributed by atoms with E-state index >= 15 is 0 Å². The molecule has 136 valence electrons. The van der Waals surface area contributed by atoms with Crippen molar-refractivity contribution in [2.24, 2.45) is 0 Å². The van der Waals surface area contributed by atoms with Crippen molar-refractivity contribution in [3.8, 4) is 17.2 Å². The molecule has 1 aliphatic rings. The minimum atomic E-state index is -2.91. The van der Waals surface area contributed by atoms with Gasteiger partial charge in [0, 0.05) is 18.2 Å². The third-order valence-corrected chi connectivity index (χ3v) is 3.64. The summed E-state index contributed by atoms with van der Waals surface area (Å²) in [6.45, 7) is -1.84. The second-order valence-corrected chi connectivity index (χ2v) is 5.44. The average molecular weight is 361 g/mol. The molecule has 2 aromatic carbocycles. The second kappa shape index (κ2) is 8.33. The summed E-state index contributed by atoms with van der Waals surface area (Å²) in [5, 5.41) is 2.64. The van der Waals surface area contributed by atoms with Gasteiger partial charge in [-0.25, -0.2) is 0 Å². The zero-order valence-electron chi connectivity index (χ0n) is 13.8. The van der Waals surface area contributed by atoms with Crippen molar-refractivity contribution in [3.05, 3.63) is 59.7 Å². The molecule has 0 fully saturated rings. The van der Waals surface area contributed by atoms with Gasteiger partial charge in [-0.3, -0.25) is 4.79 Å². The maximum Gasteiger partial charge on any atom is 0.387 e. The van der Waals surface area contributed by atoms with E-state index in [0.29, 0.717) is 30.3 Å². The van der Waals surface area contributed by atoms with Crippen LogP contribution in [0.25, 0.3) is 6.08 Å². The number of ether oxygens (including phenoxy) is 3. The van der Waals surface area contributed by atoms with Crippen molar-refractivity contribution >= 4 is 12.0 Å². The highest BCUT2D eigenvalue weighted by atomic mass is 19.3. The molecule has 1 heterocycles. The number of carbonyl (C=O) groups excluding carboxylic acids is 1. The summed E-state index contributed by atoms with van der Waals surface area (Å²) in [5.41, 5.74) is 1.25. The molecule has 0 aromatic heterocycles.